The van der Waals surface area contributed by atoms with Crippen molar-refractivity contribution < 1.29 is 0 Å². The maximum absolute atomic E-state index is 9.29. The zero-order valence-corrected chi connectivity index (χ0v) is 15.5. The van der Waals surface area contributed by atoms with Gasteiger partial charge in [0.25, 0.3) is 0 Å². The largest absolute Gasteiger partial charge is 0.381 e. The average Bonchev–Trinajstić information content (AvgIpc) is 2.49. The summed E-state index contributed by atoms with van der Waals surface area (Å²) in [7, 11) is 0. The van der Waals surface area contributed by atoms with Crippen molar-refractivity contribution in [3.05, 3.63) is 45.6 Å². The third-order valence-electron chi connectivity index (χ3n) is 3.29. The summed E-state index contributed by atoms with van der Waals surface area (Å²) in [5.74, 6) is 0.0370. The Bertz CT molecular complexity index is 549. The van der Waals surface area contributed by atoms with Gasteiger partial charge in [-0.25, -0.2) is 0 Å². The predicted octanol–water partition coefficient (Wildman–Crippen LogP) is 4.45. The third kappa shape index (κ3) is 7.58. The van der Waals surface area contributed by atoms with E-state index in [1.54, 1.807) is 6.92 Å². The molecule has 0 bridgehead atoms. The Morgan fingerprint density at radius 2 is 1.74 bits per heavy atom. The van der Waals surface area contributed by atoms with Crippen LogP contribution in [0, 0.1) is 25.7 Å². The minimum atomic E-state index is 0.0370. The molecular formula is C18H30N4O. The number of anilines is 1. The lowest BCUT2D eigenvalue weighted by molar-refractivity contribution is 0.834. The number of hydrogen-bond acceptors (Lipinski definition) is 5. The zero-order chi connectivity index (χ0) is 18.0. The van der Waals surface area contributed by atoms with Crippen LogP contribution in [0.1, 0.15) is 44.4 Å². The summed E-state index contributed by atoms with van der Waals surface area (Å²) >= 11 is 0. The number of nitrogens with two attached hydrogens (primary N) is 1. The molecule has 128 valence electrons. The molecule has 0 aromatic heterocycles. The molecule has 23 heavy (non-hydrogen) atoms. The first kappa shape index (κ1) is 20.8. The van der Waals surface area contributed by atoms with E-state index in [0.717, 1.165) is 18.9 Å². The van der Waals surface area contributed by atoms with Gasteiger partial charge in [-0.05, 0) is 70.8 Å². The van der Waals surface area contributed by atoms with Gasteiger partial charge in [-0.3, -0.25) is 4.99 Å². The Labute approximate surface area is 140 Å². The van der Waals surface area contributed by atoms with Crippen LogP contribution in [0.25, 0.3) is 0 Å². The highest BCUT2D eigenvalue weighted by Gasteiger charge is 2.10. The molecule has 5 nitrogen and oxygen atoms in total. The molecule has 0 fully saturated rings. The standard InChI is InChI=1S/C15H24N2.C3H6N2O/c1-7-17(10-16-11(2)3)15-13(5)8-12(4)9-14(15)6;1-2-3(4)5-6/h8-9H,7,10H2,1-6H3;2H,4H2,1H3/b;3-2+. The monoisotopic (exact) mass is 318 g/mol. The second-order valence-corrected chi connectivity index (χ2v) is 5.65. The van der Waals surface area contributed by atoms with E-state index in [4.69, 9.17) is 5.73 Å². The van der Waals surface area contributed by atoms with Crippen LogP contribution in [0.3, 0.4) is 0 Å². The van der Waals surface area contributed by atoms with E-state index in [9.17, 15) is 4.91 Å². The first-order chi connectivity index (χ1) is 10.8. The molecule has 2 N–H and O–H groups in total. The van der Waals surface area contributed by atoms with Crippen molar-refractivity contribution in [2.45, 2.75) is 48.5 Å². The smallest absolute Gasteiger partial charge is 0.163 e. The van der Waals surface area contributed by atoms with Crippen LogP contribution >= 0.6 is 0 Å². The van der Waals surface area contributed by atoms with Crippen LogP contribution in [0.5, 0.6) is 0 Å². The summed E-state index contributed by atoms with van der Waals surface area (Å²) in [6.45, 7) is 16.2. The molecule has 0 atom stereocenters. The van der Waals surface area contributed by atoms with Crippen LogP contribution in [0.2, 0.25) is 0 Å². The maximum Gasteiger partial charge on any atom is 0.163 e. The number of hydrogen-bond donors (Lipinski definition) is 1. The van der Waals surface area contributed by atoms with E-state index in [0.29, 0.717) is 0 Å². The second-order valence-electron chi connectivity index (χ2n) is 5.65. The fourth-order valence-electron chi connectivity index (χ4n) is 2.28. The third-order valence-corrected chi connectivity index (χ3v) is 3.29. The molecule has 0 saturated carbocycles. The number of allylic oxidation sites excluding steroid dienone is 1. The fraction of sp³-hybridized carbons (Fsp3) is 0.500. The van der Waals surface area contributed by atoms with E-state index in [1.807, 2.05) is 13.8 Å². The van der Waals surface area contributed by atoms with Crippen molar-refractivity contribution in [1.29, 1.82) is 0 Å². The Morgan fingerprint density at radius 3 is 2.04 bits per heavy atom. The molecule has 0 heterocycles. The highest BCUT2D eigenvalue weighted by molar-refractivity contribution is 5.79. The SMILES string of the molecule is C/C=C(\N)N=O.CCN(CN=C(C)C)c1c(C)cc(C)cc1C. The van der Waals surface area contributed by atoms with E-state index in [2.05, 4.69) is 54.9 Å². The highest BCUT2D eigenvalue weighted by atomic mass is 16.3. The summed E-state index contributed by atoms with van der Waals surface area (Å²) < 4.78 is 0. The molecule has 0 saturated heterocycles. The lowest BCUT2D eigenvalue weighted by Crippen LogP contribution is -2.25. The van der Waals surface area contributed by atoms with E-state index >= 15 is 0 Å². The number of nitrogens with zero attached hydrogens (tertiary/aromatic N) is 3. The van der Waals surface area contributed by atoms with Gasteiger partial charge in [-0.15, -0.1) is 4.91 Å². The van der Waals surface area contributed by atoms with Gasteiger partial charge >= 0.3 is 0 Å². The van der Waals surface area contributed by atoms with Gasteiger partial charge in [0.2, 0.25) is 0 Å². The lowest BCUT2D eigenvalue weighted by atomic mass is 10.0. The van der Waals surface area contributed by atoms with Gasteiger partial charge in [0.05, 0.1) is 0 Å². The summed E-state index contributed by atoms with van der Waals surface area (Å²) in [4.78, 5) is 16.1. The van der Waals surface area contributed by atoms with Crippen molar-refractivity contribution in [3.63, 3.8) is 0 Å². The van der Waals surface area contributed by atoms with E-state index in [-0.39, 0.29) is 5.82 Å². The molecule has 0 aliphatic carbocycles. The Kier molecular flexibility index (Phi) is 9.54. The van der Waals surface area contributed by atoms with Gasteiger partial charge in [0.15, 0.2) is 5.82 Å². The molecule has 0 unspecified atom stereocenters. The van der Waals surface area contributed by atoms with Crippen LogP contribution < -0.4 is 10.6 Å². The first-order valence-electron chi connectivity index (χ1n) is 7.82. The minimum absolute atomic E-state index is 0.0370. The quantitative estimate of drug-likeness (QED) is 0.644. The molecule has 5 heteroatoms. The van der Waals surface area contributed by atoms with Crippen LogP contribution in [0.15, 0.2) is 34.2 Å². The number of benzene rings is 1. The summed E-state index contributed by atoms with van der Waals surface area (Å²) in [5, 5.41) is 2.40. The van der Waals surface area contributed by atoms with Crippen LogP contribution in [-0.4, -0.2) is 18.9 Å². The number of rotatable bonds is 5. The number of nitroso groups, excluding NO2 is 1. The lowest BCUT2D eigenvalue weighted by Gasteiger charge is -2.25. The van der Waals surface area contributed by atoms with Gasteiger partial charge < -0.3 is 10.6 Å². The topological polar surface area (TPSA) is 71.0 Å². The van der Waals surface area contributed by atoms with Gasteiger partial charge in [-0.2, -0.15) is 0 Å². The van der Waals surface area contributed by atoms with Crippen molar-refractivity contribution in [2.75, 3.05) is 18.1 Å². The minimum Gasteiger partial charge on any atom is -0.381 e. The first-order valence-corrected chi connectivity index (χ1v) is 7.82. The van der Waals surface area contributed by atoms with Crippen molar-refractivity contribution >= 4 is 11.4 Å². The Morgan fingerprint density at radius 1 is 1.22 bits per heavy atom. The average molecular weight is 318 g/mol. The molecule has 0 amide bonds. The number of aliphatic imine (C=N–C) groups is 1. The summed E-state index contributed by atoms with van der Waals surface area (Å²) in [5.41, 5.74) is 11.3. The van der Waals surface area contributed by atoms with Crippen molar-refractivity contribution in [3.8, 4) is 0 Å². The molecule has 0 aliphatic heterocycles. The molecule has 0 radical (unpaired) electrons. The van der Waals surface area contributed by atoms with Crippen LogP contribution in [-0.2, 0) is 0 Å². The van der Waals surface area contributed by atoms with Crippen molar-refractivity contribution in [2.24, 2.45) is 15.9 Å². The molecule has 1 aromatic carbocycles. The molecule has 1 aromatic rings. The molecular weight excluding hydrogens is 288 g/mol. The summed E-state index contributed by atoms with van der Waals surface area (Å²) in [6, 6.07) is 4.49. The van der Waals surface area contributed by atoms with E-state index in [1.165, 1.54) is 28.5 Å². The fourth-order valence-corrected chi connectivity index (χ4v) is 2.28. The highest BCUT2D eigenvalue weighted by Crippen LogP contribution is 2.26. The summed E-state index contributed by atoms with van der Waals surface area (Å²) in [6.07, 6.45) is 1.44. The van der Waals surface area contributed by atoms with Gasteiger partial charge in [0.1, 0.15) is 6.67 Å². The van der Waals surface area contributed by atoms with Crippen LogP contribution in [0.4, 0.5) is 5.69 Å². The normalized spacial score (nSPS) is 10.5. The van der Waals surface area contributed by atoms with E-state index < -0.39 is 0 Å². The van der Waals surface area contributed by atoms with Gasteiger partial charge in [-0.1, -0.05) is 17.7 Å². The Balaban J connectivity index is 0.000000688. The number of aryl methyl sites for hydroxylation is 3. The predicted molar refractivity (Wildman–Crippen MR) is 101 cm³/mol. The van der Waals surface area contributed by atoms with Gasteiger partial charge in [0, 0.05) is 17.9 Å². The molecule has 1 rings (SSSR count). The Hall–Kier alpha value is -2.17. The maximum atomic E-state index is 9.29. The van der Waals surface area contributed by atoms with Crippen molar-refractivity contribution in [1.82, 2.24) is 0 Å². The zero-order valence-electron chi connectivity index (χ0n) is 15.5. The molecule has 0 spiro atoms. The second kappa shape index (κ2) is 10.5. The molecule has 0 aliphatic rings.